The molecule has 1 unspecified atom stereocenters. The molecule has 0 fully saturated rings. The molecular weight excluding hydrogens is 246 g/mol. The number of rotatable bonds is 3. The first kappa shape index (κ1) is 13.4. The van der Waals surface area contributed by atoms with Crippen molar-refractivity contribution in [1.29, 1.82) is 0 Å². The van der Waals surface area contributed by atoms with Gasteiger partial charge in [-0.3, -0.25) is 9.59 Å². The van der Waals surface area contributed by atoms with E-state index < -0.39 is 11.4 Å². The molecule has 0 aromatic heterocycles. The molecule has 102 valence electrons. The number of aryl methyl sites for hydroxylation is 1. The quantitative estimate of drug-likeness (QED) is 0.901. The number of carboxylic acids is 1. The number of anilines is 1. The number of hydrogen-bond acceptors (Lipinski definition) is 3. The monoisotopic (exact) mass is 263 g/mol. The first-order valence-electron chi connectivity index (χ1n) is 6.01. The van der Waals surface area contributed by atoms with Crippen LogP contribution in [-0.2, 0) is 15.0 Å². The molecule has 1 heterocycles. The van der Waals surface area contributed by atoms with Crippen LogP contribution in [0.1, 0.15) is 24.5 Å². The van der Waals surface area contributed by atoms with Crippen molar-refractivity contribution < 1.29 is 19.4 Å². The number of carbonyl (C=O) groups is 2. The van der Waals surface area contributed by atoms with Crippen LogP contribution in [0.2, 0.25) is 0 Å². The molecule has 0 aliphatic carbocycles. The molecule has 0 bridgehead atoms. The minimum absolute atomic E-state index is 0.214. The van der Waals surface area contributed by atoms with Gasteiger partial charge in [0.2, 0.25) is 5.91 Å². The van der Waals surface area contributed by atoms with Gasteiger partial charge < -0.3 is 14.7 Å². The predicted molar refractivity (Wildman–Crippen MR) is 70.7 cm³/mol. The minimum atomic E-state index is -1.08. The van der Waals surface area contributed by atoms with Gasteiger partial charge in [-0.2, -0.15) is 0 Å². The number of carboxylic acid groups (broad SMARTS) is 1. The van der Waals surface area contributed by atoms with Crippen LogP contribution in [-0.4, -0.2) is 31.1 Å². The van der Waals surface area contributed by atoms with Crippen LogP contribution in [0.15, 0.2) is 12.1 Å². The molecule has 1 aliphatic rings. The van der Waals surface area contributed by atoms with Crippen LogP contribution in [0.25, 0.3) is 0 Å². The molecule has 5 nitrogen and oxygen atoms in total. The number of aliphatic carboxylic acids is 1. The van der Waals surface area contributed by atoms with Crippen molar-refractivity contribution in [3.05, 3.63) is 23.3 Å². The lowest BCUT2D eigenvalue weighted by Gasteiger charge is -2.23. The summed E-state index contributed by atoms with van der Waals surface area (Å²) in [5, 5.41) is 9.09. The third-order valence-corrected chi connectivity index (χ3v) is 3.73. The number of ether oxygens (including phenoxy) is 1. The Bertz CT molecular complexity index is 567. The highest BCUT2D eigenvalue weighted by molar-refractivity contribution is 6.10. The Kier molecular flexibility index (Phi) is 3.00. The molecule has 0 radical (unpaired) electrons. The summed E-state index contributed by atoms with van der Waals surface area (Å²) in [7, 11) is 3.19. The highest BCUT2D eigenvalue weighted by atomic mass is 16.5. The number of likely N-dealkylation sites (N-methyl/N-ethyl adjacent to an activating group) is 1. The van der Waals surface area contributed by atoms with Gasteiger partial charge in [-0.25, -0.2) is 0 Å². The second kappa shape index (κ2) is 4.26. The van der Waals surface area contributed by atoms with E-state index in [1.54, 1.807) is 14.0 Å². The summed E-state index contributed by atoms with van der Waals surface area (Å²) < 4.78 is 5.39. The maximum absolute atomic E-state index is 12.4. The standard InChI is InChI=1S/C14H17NO4/c1-8-5-6-9-11(12(8)19-4)14(2,7-10(16)17)13(18)15(9)3/h5-6H,7H2,1-4H3,(H,16,17). The summed E-state index contributed by atoms with van der Waals surface area (Å²) in [6.07, 6.45) is -0.247. The SMILES string of the molecule is COc1c(C)ccc2c1C(C)(CC(=O)O)C(=O)N2C. The van der Waals surface area contributed by atoms with E-state index >= 15 is 0 Å². The lowest BCUT2D eigenvalue weighted by Crippen LogP contribution is -2.38. The summed E-state index contributed by atoms with van der Waals surface area (Å²) in [5.74, 6) is -0.617. The Hall–Kier alpha value is -2.04. The predicted octanol–water partition coefficient (Wildman–Crippen LogP) is 1.71. The van der Waals surface area contributed by atoms with Crippen molar-refractivity contribution in [2.75, 3.05) is 19.1 Å². The van der Waals surface area contributed by atoms with E-state index in [4.69, 9.17) is 9.84 Å². The zero-order chi connectivity index (χ0) is 14.4. The smallest absolute Gasteiger partial charge is 0.304 e. The van der Waals surface area contributed by atoms with Crippen molar-refractivity contribution in [2.45, 2.75) is 25.7 Å². The fraction of sp³-hybridized carbons (Fsp3) is 0.429. The van der Waals surface area contributed by atoms with Gasteiger partial charge in [0.05, 0.1) is 24.6 Å². The number of hydrogen-bond donors (Lipinski definition) is 1. The molecular formula is C14H17NO4. The van der Waals surface area contributed by atoms with Gasteiger partial charge in [-0.1, -0.05) is 6.07 Å². The van der Waals surface area contributed by atoms with Crippen LogP contribution in [0, 0.1) is 6.92 Å². The average Bonchev–Trinajstić information content (AvgIpc) is 2.51. The first-order chi connectivity index (χ1) is 8.82. The number of nitrogens with zero attached hydrogens (tertiary/aromatic N) is 1. The number of methoxy groups -OCH3 is 1. The van der Waals surface area contributed by atoms with Crippen molar-refractivity contribution in [3.8, 4) is 5.75 Å². The van der Waals surface area contributed by atoms with Gasteiger partial charge in [0.15, 0.2) is 0 Å². The molecule has 1 aromatic rings. The molecule has 1 N–H and O–H groups in total. The van der Waals surface area contributed by atoms with Crippen molar-refractivity contribution >= 4 is 17.6 Å². The number of fused-ring (bicyclic) bond motifs is 1. The van der Waals surface area contributed by atoms with Gasteiger partial charge in [-0.15, -0.1) is 0 Å². The number of amides is 1. The Morgan fingerprint density at radius 3 is 2.63 bits per heavy atom. The van der Waals surface area contributed by atoms with Crippen LogP contribution >= 0.6 is 0 Å². The molecule has 1 amide bonds. The second-order valence-corrected chi connectivity index (χ2v) is 5.08. The largest absolute Gasteiger partial charge is 0.496 e. The topological polar surface area (TPSA) is 66.8 Å². The third kappa shape index (κ3) is 1.77. The normalized spacial score (nSPS) is 21.5. The molecule has 1 atom stereocenters. The van der Waals surface area contributed by atoms with Gasteiger partial charge in [-0.05, 0) is 25.5 Å². The number of benzene rings is 1. The van der Waals surface area contributed by atoms with E-state index in [1.165, 1.54) is 12.0 Å². The van der Waals surface area contributed by atoms with Gasteiger partial charge in [0.25, 0.3) is 0 Å². The van der Waals surface area contributed by atoms with Crippen molar-refractivity contribution in [1.82, 2.24) is 0 Å². The number of carbonyl (C=O) groups excluding carboxylic acids is 1. The first-order valence-corrected chi connectivity index (χ1v) is 6.01. The zero-order valence-corrected chi connectivity index (χ0v) is 11.5. The van der Waals surface area contributed by atoms with Crippen LogP contribution in [0.4, 0.5) is 5.69 Å². The van der Waals surface area contributed by atoms with E-state index in [1.807, 2.05) is 19.1 Å². The zero-order valence-electron chi connectivity index (χ0n) is 11.5. The van der Waals surface area contributed by atoms with E-state index in [0.29, 0.717) is 11.3 Å². The van der Waals surface area contributed by atoms with E-state index in [0.717, 1.165) is 11.3 Å². The summed E-state index contributed by atoms with van der Waals surface area (Å²) >= 11 is 0. The summed E-state index contributed by atoms with van der Waals surface area (Å²) in [6.45, 7) is 3.54. The molecule has 0 saturated carbocycles. The Labute approximate surface area is 111 Å². The van der Waals surface area contributed by atoms with Gasteiger partial charge in [0.1, 0.15) is 5.75 Å². The van der Waals surface area contributed by atoms with E-state index in [-0.39, 0.29) is 12.3 Å². The van der Waals surface area contributed by atoms with Crippen LogP contribution in [0.5, 0.6) is 5.75 Å². The molecule has 0 saturated heterocycles. The Morgan fingerprint density at radius 2 is 2.11 bits per heavy atom. The van der Waals surface area contributed by atoms with E-state index in [9.17, 15) is 9.59 Å². The summed E-state index contributed by atoms with van der Waals surface area (Å²) in [6, 6.07) is 3.70. The molecule has 1 aromatic carbocycles. The molecule has 2 rings (SSSR count). The van der Waals surface area contributed by atoms with Crippen LogP contribution in [0.3, 0.4) is 0 Å². The fourth-order valence-corrected chi connectivity index (χ4v) is 2.81. The lowest BCUT2D eigenvalue weighted by atomic mass is 9.79. The molecule has 1 aliphatic heterocycles. The fourth-order valence-electron chi connectivity index (χ4n) is 2.81. The minimum Gasteiger partial charge on any atom is -0.496 e. The highest BCUT2D eigenvalue weighted by Gasteiger charge is 2.49. The van der Waals surface area contributed by atoms with Crippen LogP contribution < -0.4 is 9.64 Å². The molecule has 0 spiro atoms. The maximum Gasteiger partial charge on any atom is 0.304 e. The van der Waals surface area contributed by atoms with E-state index in [2.05, 4.69) is 0 Å². The van der Waals surface area contributed by atoms with Gasteiger partial charge in [0, 0.05) is 12.6 Å². The maximum atomic E-state index is 12.4. The second-order valence-electron chi connectivity index (χ2n) is 5.08. The highest BCUT2D eigenvalue weighted by Crippen LogP contribution is 2.49. The van der Waals surface area contributed by atoms with Crippen molar-refractivity contribution in [2.24, 2.45) is 0 Å². The summed E-state index contributed by atoms with van der Waals surface area (Å²) in [4.78, 5) is 25.0. The third-order valence-electron chi connectivity index (χ3n) is 3.73. The molecule has 19 heavy (non-hydrogen) atoms. The summed E-state index contributed by atoms with van der Waals surface area (Å²) in [5.41, 5.74) is 1.20. The molecule has 5 heteroatoms. The van der Waals surface area contributed by atoms with Crippen molar-refractivity contribution in [3.63, 3.8) is 0 Å². The lowest BCUT2D eigenvalue weighted by molar-refractivity contribution is -0.140. The average molecular weight is 263 g/mol. The Balaban J connectivity index is 2.73. The van der Waals surface area contributed by atoms with Gasteiger partial charge >= 0.3 is 5.97 Å². The Morgan fingerprint density at radius 1 is 1.47 bits per heavy atom.